The SMILES string of the molecule is Cc1ccc(CN(C(=O)N[C@@H](CSCc2ccccc2)C(=O)O)C(=O)c2cccc(-c3ccccc3)c2)cc1. The third-order valence-corrected chi connectivity index (χ3v) is 7.27. The number of aliphatic carboxylic acids is 1. The van der Waals surface area contributed by atoms with Crippen molar-refractivity contribution in [2.45, 2.75) is 25.3 Å². The number of imide groups is 1. The summed E-state index contributed by atoms with van der Waals surface area (Å²) in [7, 11) is 0. The lowest BCUT2D eigenvalue weighted by atomic mass is 10.0. The summed E-state index contributed by atoms with van der Waals surface area (Å²) >= 11 is 1.41. The Balaban J connectivity index is 1.54. The van der Waals surface area contributed by atoms with Gasteiger partial charge in [0.1, 0.15) is 6.04 Å². The highest BCUT2D eigenvalue weighted by Gasteiger charge is 2.28. The molecule has 0 bridgehead atoms. The van der Waals surface area contributed by atoms with E-state index in [1.165, 1.54) is 11.8 Å². The molecule has 0 aromatic heterocycles. The van der Waals surface area contributed by atoms with Gasteiger partial charge in [-0.3, -0.25) is 9.69 Å². The quantitative estimate of drug-likeness (QED) is 0.244. The summed E-state index contributed by atoms with van der Waals surface area (Å²) in [6, 6.07) is 32.1. The zero-order valence-electron chi connectivity index (χ0n) is 21.6. The number of rotatable bonds is 10. The number of carbonyl (C=O) groups excluding carboxylic acids is 2. The second-order valence-electron chi connectivity index (χ2n) is 9.16. The summed E-state index contributed by atoms with van der Waals surface area (Å²) in [4.78, 5) is 40.2. The molecule has 4 rings (SSSR count). The number of carboxylic acids is 1. The predicted octanol–water partition coefficient (Wildman–Crippen LogP) is 6.40. The fraction of sp³-hybridized carbons (Fsp3) is 0.156. The van der Waals surface area contributed by atoms with Crippen LogP contribution < -0.4 is 5.32 Å². The number of hydrogen-bond donors (Lipinski definition) is 2. The van der Waals surface area contributed by atoms with Crippen molar-refractivity contribution >= 4 is 29.7 Å². The van der Waals surface area contributed by atoms with Crippen molar-refractivity contribution in [2.24, 2.45) is 0 Å². The molecule has 4 aromatic rings. The van der Waals surface area contributed by atoms with Gasteiger partial charge in [-0.2, -0.15) is 11.8 Å². The van der Waals surface area contributed by atoms with Crippen LogP contribution in [0.25, 0.3) is 11.1 Å². The van der Waals surface area contributed by atoms with E-state index >= 15 is 0 Å². The lowest BCUT2D eigenvalue weighted by molar-refractivity contribution is -0.138. The molecule has 0 aliphatic rings. The molecule has 0 fully saturated rings. The minimum absolute atomic E-state index is 0.00398. The number of carboxylic acid groups (broad SMARTS) is 1. The Hall–Kier alpha value is -4.36. The van der Waals surface area contributed by atoms with Gasteiger partial charge >= 0.3 is 12.0 Å². The summed E-state index contributed by atoms with van der Waals surface area (Å²) in [5.41, 5.74) is 5.00. The molecule has 4 aromatic carbocycles. The largest absolute Gasteiger partial charge is 0.480 e. The molecule has 0 aliphatic heterocycles. The Labute approximate surface area is 232 Å². The van der Waals surface area contributed by atoms with E-state index in [1.807, 2.05) is 97.9 Å². The Kier molecular flexibility index (Phi) is 9.53. The van der Waals surface area contributed by atoms with Gasteiger partial charge < -0.3 is 10.4 Å². The van der Waals surface area contributed by atoms with Crippen LogP contribution in [0.15, 0.2) is 109 Å². The molecule has 6 nitrogen and oxygen atoms in total. The lowest BCUT2D eigenvalue weighted by Gasteiger charge is -2.24. The molecule has 0 heterocycles. The molecule has 0 saturated heterocycles. The van der Waals surface area contributed by atoms with Crippen molar-refractivity contribution in [1.29, 1.82) is 0 Å². The molecular formula is C32H30N2O4S. The third-order valence-electron chi connectivity index (χ3n) is 6.16. The first kappa shape index (κ1) is 27.7. The van der Waals surface area contributed by atoms with E-state index in [9.17, 15) is 19.5 Å². The van der Waals surface area contributed by atoms with E-state index < -0.39 is 23.9 Å². The number of urea groups is 1. The van der Waals surface area contributed by atoms with Crippen LogP contribution in [0, 0.1) is 6.92 Å². The molecular weight excluding hydrogens is 508 g/mol. The highest BCUT2D eigenvalue weighted by Crippen LogP contribution is 2.22. The first-order valence-electron chi connectivity index (χ1n) is 12.6. The van der Waals surface area contributed by atoms with Crippen LogP contribution in [-0.4, -0.2) is 39.7 Å². The maximum Gasteiger partial charge on any atom is 0.327 e. The average molecular weight is 539 g/mol. The van der Waals surface area contributed by atoms with E-state index in [1.54, 1.807) is 18.2 Å². The van der Waals surface area contributed by atoms with E-state index in [0.717, 1.165) is 32.7 Å². The summed E-state index contributed by atoms with van der Waals surface area (Å²) in [6.45, 7) is 1.96. The standard InChI is InChI=1S/C32H30N2O4S/c1-23-15-17-24(18-16-23)20-34(30(35)28-14-8-13-27(19-28)26-11-6-3-7-12-26)32(38)33-29(31(36)37)22-39-21-25-9-4-2-5-10-25/h2-19,29H,20-22H2,1H3,(H,33,38)(H,36,37)/t29-/m0/s1. The van der Waals surface area contributed by atoms with Crippen LogP contribution in [0.5, 0.6) is 0 Å². The number of carbonyl (C=O) groups is 3. The molecule has 0 aliphatic carbocycles. The van der Waals surface area contributed by atoms with Crippen LogP contribution in [0.1, 0.15) is 27.0 Å². The minimum atomic E-state index is -1.16. The molecule has 2 N–H and O–H groups in total. The van der Waals surface area contributed by atoms with E-state index in [2.05, 4.69) is 5.32 Å². The van der Waals surface area contributed by atoms with Gasteiger partial charge in [0.2, 0.25) is 0 Å². The molecule has 0 spiro atoms. The van der Waals surface area contributed by atoms with Gasteiger partial charge in [0.15, 0.2) is 0 Å². The number of amides is 3. The van der Waals surface area contributed by atoms with E-state index in [0.29, 0.717) is 11.3 Å². The van der Waals surface area contributed by atoms with Gasteiger partial charge in [-0.15, -0.1) is 0 Å². The third kappa shape index (κ3) is 7.82. The van der Waals surface area contributed by atoms with Crippen molar-refractivity contribution in [2.75, 3.05) is 5.75 Å². The molecule has 1 atom stereocenters. The monoisotopic (exact) mass is 538 g/mol. The van der Waals surface area contributed by atoms with Crippen molar-refractivity contribution in [3.8, 4) is 11.1 Å². The Morgan fingerprint density at radius 3 is 2.10 bits per heavy atom. The lowest BCUT2D eigenvalue weighted by Crippen LogP contribution is -2.50. The Morgan fingerprint density at radius 2 is 1.44 bits per heavy atom. The fourth-order valence-electron chi connectivity index (χ4n) is 4.00. The number of nitrogens with one attached hydrogen (secondary N) is 1. The topological polar surface area (TPSA) is 86.7 Å². The molecule has 7 heteroatoms. The number of aryl methyl sites for hydroxylation is 1. The fourth-order valence-corrected chi connectivity index (χ4v) is 5.01. The zero-order valence-corrected chi connectivity index (χ0v) is 22.4. The van der Waals surface area contributed by atoms with E-state index in [-0.39, 0.29) is 12.3 Å². The summed E-state index contributed by atoms with van der Waals surface area (Å²) < 4.78 is 0. The Bertz CT molecular complexity index is 1410. The first-order chi connectivity index (χ1) is 18.9. The van der Waals surface area contributed by atoms with Gasteiger partial charge in [0, 0.05) is 17.1 Å². The predicted molar refractivity (Wildman–Crippen MR) is 155 cm³/mol. The van der Waals surface area contributed by atoms with Gasteiger partial charge in [-0.25, -0.2) is 9.59 Å². The van der Waals surface area contributed by atoms with Crippen LogP contribution in [0.2, 0.25) is 0 Å². The Morgan fingerprint density at radius 1 is 0.795 bits per heavy atom. The highest BCUT2D eigenvalue weighted by atomic mass is 32.2. The maximum absolute atomic E-state index is 13.7. The average Bonchev–Trinajstić information content (AvgIpc) is 2.97. The number of thioether (sulfide) groups is 1. The normalized spacial score (nSPS) is 11.4. The second kappa shape index (κ2) is 13.4. The molecule has 3 amide bonds. The second-order valence-corrected chi connectivity index (χ2v) is 10.2. The number of benzene rings is 4. The molecule has 198 valence electrons. The van der Waals surface area contributed by atoms with E-state index in [4.69, 9.17) is 0 Å². The van der Waals surface area contributed by atoms with Crippen LogP contribution in [0.4, 0.5) is 4.79 Å². The van der Waals surface area contributed by atoms with Crippen LogP contribution in [-0.2, 0) is 17.1 Å². The summed E-state index contributed by atoms with van der Waals surface area (Å²) in [5, 5.41) is 12.4. The zero-order chi connectivity index (χ0) is 27.6. The number of nitrogens with zero attached hydrogens (tertiary/aromatic N) is 1. The van der Waals surface area contributed by atoms with Crippen molar-refractivity contribution in [3.63, 3.8) is 0 Å². The smallest absolute Gasteiger partial charge is 0.327 e. The van der Waals surface area contributed by atoms with Crippen molar-refractivity contribution < 1.29 is 19.5 Å². The molecule has 0 saturated carbocycles. The van der Waals surface area contributed by atoms with Gasteiger partial charge in [-0.1, -0.05) is 103 Å². The molecule has 39 heavy (non-hydrogen) atoms. The molecule has 0 radical (unpaired) electrons. The van der Waals surface area contributed by atoms with Crippen LogP contribution in [0.3, 0.4) is 0 Å². The number of hydrogen-bond acceptors (Lipinski definition) is 4. The van der Waals surface area contributed by atoms with Crippen molar-refractivity contribution in [1.82, 2.24) is 10.2 Å². The summed E-state index contributed by atoms with van der Waals surface area (Å²) in [6.07, 6.45) is 0. The molecule has 0 unspecified atom stereocenters. The van der Waals surface area contributed by atoms with Crippen LogP contribution >= 0.6 is 11.8 Å². The van der Waals surface area contributed by atoms with Gasteiger partial charge in [-0.05, 0) is 41.3 Å². The summed E-state index contributed by atoms with van der Waals surface area (Å²) in [5.74, 6) is -0.894. The minimum Gasteiger partial charge on any atom is -0.480 e. The van der Waals surface area contributed by atoms with Gasteiger partial charge in [0.05, 0.1) is 6.54 Å². The first-order valence-corrected chi connectivity index (χ1v) is 13.7. The maximum atomic E-state index is 13.7. The highest BCUT2D eigenvalue weighted by molar-refractivity contribution is 7.98. The van der Waals surface area contributed by atoms with Gasteiger partial charge in [0.25, 0.3) is 5.91 Å². The van der Waals surface area contributed by atoms with Crippen molar-refractivity contribution in [3.05, 3.63) is 131 Å².